The van der Waals surface area contributed by atoms with Gasteiger partial charge in [-0.3, -0.25) is 0 Å². The Balaban J connectivity index is 1.80. The zero-order valence-electron chi connectivity index (χ0n) is 16.4. The van der Waals surface area contributed by atoms with E-state index in [1.807, 2.05) is 18.3 Å². The molecule has 0 bridgehead atoms. The van der Waals surface area contributed by atoms with Crippen LogP contribution in [0.5, 0.6) is 5.75 Å². The fourth-order valence-electron chi connectivity index (χ4n) is 3.72. The Morgan fingerprint density at radius 2 is 1.96 bits per heavy atom. The summed E-state index contributed by atoms with van der Waals surface area (Å²) in [5.74, 6) is 2.19. The van der Waals surface area contributed by atoms with E-state index in [1.54, 1.807) is 7.11 Å². The largest absolute Gasteiger partial charge is 0.495 e. The molecule has 0 unspecified atom stereocenters. The molecule has 5 nitrogen and oxygen atoms in total. The predicted molar refractivity (Wildman–Crippen MR) is 112 cm³/mol. The highest BCUT2D eigenvalue weighted by atomic mass is 35.5. The van der Waals surface area contributed by atoms with Crippen molar-refractivity contribution < 1.29 is 4.74 Å². The van der Waals surface area contributed by atoms with Crippen molar-refractivity contribution in [3.8, 4) is 5.75 Å². The van der Waals surface area contributed by atoms with E-state index in [0.29, 0.717) is 40.9 Å². The van der Waals surface area contributed by atoms with Gasteiger partial charge in [0.15, 0.2) is 0 Å². The molecule has 1 aromatic heterocycles. The van der Waals surface area contributed by atoms with Gasteiger partial charge in [0.05, 0.1) is 12.1 Å². The first-order valence-corrected chi connectivity index (χ1v) is 10.1. The van der Waals surface area contributed by atoms with E-state index in [4.69, 9.17) is 22.1 Å². The van der Waals surface area contributed by atoms with E-state index in [9.17, 15) is 0 Å². The first-order chi connectivity index (χ1) is 13.0. The quantitative estimate of drug-likeness (QED) is 0.713. The van der Waals surface area contributed by atoms with Gasteiger partial charge in [-0.2, -0.15) is 4.98 Å². The minimum Gasteiger partial charge on any atom is -0.495 e. The molecule has 3 N–H and O–H groups in total. The number of ether oxygens (including phenoxy) is 1. The van der Waals surface area contributed by atoms with Gasteiger partial charge in [-0.05, 0) is 42.0 Å². The standard InChI is InChI=1S/C21H29ClN4O/c1-13(2)17-11-19(27-3)18(22)10-14(17)9-15-12-24-21(26-20(15)23)25-16-7-5-4-6-8-16/h10-13,16H,4-9H2,1-3H3,(H3,23,24,25,26). The molecule has 0 radical (unpaired) electrons. The van der Waals surface area contributed by atoms with Gasteiger partial charge < -0.3 is 15.8 Å². The van der Waals surface area contributed by atoms with Crippen LogP contribution in [-0.2, 0) is 6.42 Å². The monoisotopic (exact) mass is 388 g/mol. The Kier molecular flexibility index (Phi) is 6.42. The Labute approximate surface area is 166 Å². The first-order valence-electron chi connectivity index (χ1n) is 9.72. The Hall–Kier alpha value is -2.01. The molecule has 3 rings (SSSR count). The minimum absolute atomic E-state index is 0.348. The van der Waals surface area contributed by atoms with Crippen molar-refractivity contribution in [2.24, 2.45) is 0 Å². The van der Waals surface area contributed by atoms with Crippen LogP contribution in [0.25, 0.3) is 0 Å². The van der Waals surface area contributed by atoms with E-state index in [2.05, 4.69) is 29.1 Å². The topological polar surface area (TPSA) is 73.1 Å². The molecule has 1 heterocycles. The lowest BCUT2D eigenvalue weighted by Gasteiger charge is -2.23. The van der Waals surface area contributed by atoms with Crippen LogP contribution in [0.15, 0.2) is 18.3 Å². The maximum Gasteiger partial charge on any atom is 0.224 e. The van der Waals surface area contributed by atoms with Crippen molar-refractivity contribution in [1.29, 1.82) is 0 Å². The van der Waals surface area contributed by atoms with Gasteiger partial charge in [0.25, 0.3) is 0 Å². The zero-order chi connectivity index (χ0) is 19.4. The van der Waals surface area contributed by atoms with E-state index < -0.39 is 0 Å². The molecule has 0 atom stereocenters. The van der Waals surface area contributed by atoms with Gasteiger partial charge in [-0.25, -0.2) is 4.98 Å². The summed E-state index contributed by atoms with van der Waals surface area (Å²) < 4.78 is 5.36. The summed E-state index contributed by atoms with van der Waals surface area (Å²) in [5.41, 5.74) is 9.47. The molecule has 1 fully saturated rings. The highest BCUT2D eigenvalue weighted by Crippen LogP contribution is 2.33. The predicted octanol–water partition coefficient (Wildman–Crippen LogP) is 5.18. The fraction of sp³-hybridized carbons (Fsp3) is 0.524. The summed E-state index contributed by atoms with van der Waals surface area (Å²) in [4.78, 5) is 8.99. The van der Waals surface area contributed by atoms with Crippen molar-refractivity contribution in [3.05, 3.63) is 40.0 Å². The van der Waals surface area contributed by atoms with Gasteiger partial charge in [0.1, 0.15) is 11.6 Å². The van der Waals surface area contributed by atoms with Crippen LogP contribution in [0, 0.1) is 0 Å². The van der Waals surface area contributed by atoms with Crippen molar-refractivity contribution in [3.63, 3.8) is 0 Å². The molecule has 1 aliphatic rings. The first kappa shape index (κ1) is 19.7. The maximum absolute atomic E-state index is 6.35. The molecule has 0 aliphatic heterocycles. The summed E-state index contributed by atoms with van der Waals surface area (Å²) in [6.07, 6.45) is 8.67. The summed E-state index contributed by atoms with van der Waals surface area (Å²) >= 11 is 6.35. The Morgan fingerprint density at radius 3 is 2.59 bits per heavy atom. The number of hydrogen-bond acceptors (Lipinski definition) is 5. The van der Waals surface area contributed by atoms with Gasteiger partial charge >= 0.3 is 0 Å². The number of benzene rings is 1. The fourth-order valence-corrected chi connectivity index (χ4v) is 3.98. The van der Waals surface area contributed by atoms with Gasteiger partial charge in [0, 0.05) is 24.2 Å². The normalized spacial score (nSPS) is 15.1. The second-order valence-corrected chi connectivity index (χ2v) is 8.01. The van der Waals surface area contributed by atoms with Crippen molar-refractivity contribution in [2.45, 2.75) is 64.3 Å². The summed E-state index contributed by atoms with van der Waals surface area (Å²) in [5, 5.41) is 4.03. The second-order valence-electron chi connectivity index (χ2n) is 7.60. The van der Waals surface area contributed by atoms with Crippen LogP contribution < -0.4 is 15.8 Å². The lowest BCUT2D eigenvalue weighted by atomic mass is 9.93. The lowest BCUT2D eigenvalue weighted by Crippen LogP contribution is -2.23. The number of hydrogen-bond donors (Lipinski definition) is 2. The summed E-state index contributed by atoms with van der Waals surface area (Å²) in [7, 11) is 1.63. The van der Waals surface area contributed by atoms with Crippen molar-refractivity contribution in [1.82, 2.24) is 9.97 Å². The maximum atomic E-state index is 6.35. The molecular weight excluding hydrogens is 360 g/mol. The smallest absolute Gasteiger partial charge is 0.224 e. The lowest BCUT2D eigenvalue weighted by molar-refractivity contribution is 0.414. The second kappa shape index (κ2) is 8.79. The SMILES string of the molecule is COc1cc(C(C)C)c(Cc2cnc(NC3CCCCC3)nc2N)cc1Cl. The number of anilines is 2. The van der Waals surface area contributed by atoms with E-state index >= 15 is 0 Å². The molecule has 2 aromatic rings. The van der Waals surface area contributed by atoms with Crippen LogP contribution in [-0.4, -0.2) is 23.1 Å². The van der Waals surface area contributed by atoms with Crippen molar-refractivity contribution >= 4 is 23.4 Å². The average molecular weight is 389 g/mol. The number of rotatable bonds is 6. The molecule has 6 heteroatoms. The number of nitrogens with zero attached hydrogens (tertiary/aromatic N) is 2. The highest BCUT2D eigenvalue weighted by Gasteiger charge is 2.17. The van der Waals surface area contributed by atoms with Crippen LogP contribution in [0.1, 0.15) is 68.6 Å². The van der Waals surface area contributed by atoms with Crippen LogP contribution in [0.2, 0.25) is 5.02 Å². The number of halogens is 1. The molecule has 1 aliphatic carbocycles. The summed E-state index contributed by atoms with van der Waals surface area (Å²) in [6, 6.07) is 4.43. The van der Waals surface area contributed by atoms with Gasteiger partial charge in [-0.15, -0.1) is 0 Å². The Morgan fingerprint density at radius 1 is 1.22 bits per heavy atom. The molecule has 27 heavy (non-hydrogen) atoms. The third kappa shape index (κ3) is 4.83. The number of nitrogen functional groups attached to an aromatic ring is 1. The molecular formula is C21H29ClN4O. The number of aromatic nitrogens is 2. The van der Waals surface area contributed by atoms with E-state index in [0.717, 1.165) is 11.1 Å². The van der Waals surface area contributed by atoms with E-state index in [1.165, 1.54) is 37.7 Å². The molecule has 1 saturated carbocycles. The number of methoxy groups -OCH3 is 1. The van der Waals surface area contributed by atoms with Gasteiger partial charge in [-0.1, -0.05) is 44.7 Å². The zero-order valence-corrected chi connectivity index (χ0v) is 17.1. The summed E-state index contributed by atoms with van der Waals surface area (Å²) in [6.45, 7) is 4.31. The Bertz CT molecular complexity index is 788. The number of nitrogens with one attached hydrogen (secondary N) is 1. The molecule has 0 amide bonds. The molecule has 1 aromatic carbocycles. The third-order valence-corrected chi connectivity index (χ3v) is 5.55. The van der Waals surface area contributed by atoms with E-state index in [-0.39, 0.29) is 0 Å². The molecule has 146 valence electrons. The van der Waals surface area contributed by atoms with Crippen LogP contribution in [0.4, 0.5) is 11.8 Å². The van der Waals surface area contributed by atoms with Crippen molar-refractivity contribution in [2.75, 3.05) is 18.2 Å². The number of nitrogens with two attached hydrogens (primary N) is 1. The van der Waals surface area contributed by atoms with Crippen LogP contribution >= 0.6 is 11.6 Å². The minimum atomic E-state index is 0.348. The van der Waals surface area contributed by atoms with Crippen LogP contribution in [0.3, 0.4) is 0 Å². The highest BCUT2D eigenvalue weighted by molar-refractivity contribution is 6.32. The molecule has 0 spiro atoms. The third-order valence-electron chi connectivity index (χ3n) is 5.25. The van der Waals surface area contributed by atoms with Gasteiger partial charge in [0.2, 0.25) is 5.95 Å². The molecule has 0 saturated heterocycles. The average Bonchev–Trinajstić information content (AvgIpc) is 2.64.